The van der Waals surface area contributed by atoms with Crippen molar-refractivity contribution < 1.29 is 14.1 Å². The Morgan fingerprint density at radius 2 is 1.68 bits per heavy atom. The molecular weight excluding hydrogens is 452 g/mol. The standard InChI is InChI=1S/C24H34N6O3S/c1-18(28-13-15-30(16-14-28)34(33)20-9-7-19(31)8-10-20)22-25-17-21(24(32)27(2)3)23(26-22)29-11-5-4-6-12-29/h7-10,17-18,31H,4-6,11-16H2,1-3H3. The molecule has 10 heteroatoms. The topological polar surface area (TPSA) is 93.1 Å². The number of anilines is 1. The Balaban J connectivity index is 1.47. The van der Waals surface area contributed by atoms with Crippen LogP contribution in [-0.2, 0) is 11.0 Å². The maximum Gasteiger partial charge on any atom is 0.258 e. The molecule has 0 bridgehead atoms. The molecule has 2 aliphatic rings. The smallest absolute Gasteiger partial charge is 0.258 e. The van der Waals surface area contributed by atoms with Gasteiger partial charge in [0.25, 0.3) is 5.91 Å². The first-order chi connectivity index (χ1) is 16.3. The number of nitrogens with zero attached hydrogens (tertiary/aromatic N) is 6. The Hall–Kier alpha value is -2.56. The van der Waals surface area contributed by atoms with Crippen molar-refractivity contribution in [1.82, 2.24) is 24.1 Å². The fourth-order valence-corrected chi connectivity index (χ4v) is 5.62. The predicted molar refractivity (Wildman–Crippen MR) is 132 cm³/mol. The van der Waals surface area contributed by atoms with Crippen LogP contribution in [0.4, 0.5) is 5.82 Å². The van der Waals surface area contributed by atoms with Crippen molar-refractivity contribution in [2.45, 2.75) is 37.1 Å². The van der Waals surface area contributed by atoms with Gasteiger partial charge in [-0.15, -0.1) is 0 Å². The number of aromatic nitrogens is 2. The van der Waals surface area contributed by atoms with Gasteiger partial charge in [0.15, 0.2) is 0 Å². The van der Waals surface area contributed by atoms with E-state index in [2.05, 4.69) is 21.7 Å². The third-order valence-electron chi connectivity index (χ3n) is 6.55. The lowest BCUT2D eigenvalue weighted by molar-refractivity contribution is 0.0827. The summed E-state index contributed by atoms with van der Waals surface area (Å²) < 4.78 is 14.9. The fourth-order valence-electron chi connectivity index (χ4n) is 4.46. The number of hydrogen-bond donors (Lipinski definition) is 1. The molecule has 2 unspecified atom stereocenters. The molecule has 1 aromatic heterocycles. The molecule has 9 nitrogen and oxygen atoms in total. The highest BCUT2D eigenvalue weighted by atomic mass is 32.2. The molecule has 184 valence electrons. The highest BCUT2D eigenvalue weighted by Gasteiger charge is 2.29. The molecule has 1 N–H and O–H groups in total. The quantitative estimate of drug-likeness (QED) is 0.670. The van der Waals surface area contributed by atoms with Gasteiger partial charge in [-0.25, -0.2) is 18.5 Å². The molecule has 1 amide bonds. The predicted octanol–water partition coefficient (Wildman–Crippen LogP) is 2.28. The molecule has 4 rings (SSSR count). The number of phenolic OH excluding ortho intramolecular Hbond substituents is 1. The van der Waals surface area contributed by atoms with E-state index in [1.165, 1.54) is 6.42 Å². The first kappa shape index (κ1) is 24.6. The summed E-state index contributed by atoms with van der Waals surface area (Å²) in [7, 11) is 2.25. The molecule has 3 heterocycles. The van der Waals surface area contributed by atoms with Gasteiger partial charge in [-0.3, -0.25) is 9.69 Å². The Morgan fingerprint density at radius 3 is 2.29 bits per heavy atom. The van der Waals surface area contributed by atoms with Gasteiger partial charge in [0.2, 0.25) is 0 Å². The molecule has 2 aliphatic heterocycles. The van der Waals surface area contributed by atoms with E-state index in [-0.39, 0.29) is 17.7 Å². The van der Waals surface area contributed by atoms with Crippen molar-refractivity contribution in [3.63, 3.8) is 0 Å². The fraction of sp³-hybridized carbons (Fsp3) is 0.542. The van der Waals surface area contributed by atoms with Gasteiger partial charge in [0, 0.05) is 59.6 Å². The molecule has 2 atom stereocenters. The Bertz CT molecular complexity index is 1020. The van der Waals surface area contributed by atoms with E-state index in [4.69, 9.17) is 4.98 Å². The summed E-state index contributed by atoms with van der Waals surface area (Å²) in [5.74, 6) is 1.54. The average Bonchev–Trinajstić information content (AvgIpc) is 2.88. The van der Waals surface area contributed by atoms with Gasteiger partial charge in [-0.05, 0) is 50.5 Å². The SMILES string of the molecule is CC(c1ncc(C(=O)N(C)C)c(N2CCCCC2)n1)N1CCN(S(=O)c2ccc(O)cc2)CC1. The molecule has 34 heavy (non-hydrogen) atoms. The first-order valence-corrected chi connectivity index (χ1v) is 13.0. The maximum absolute atomic E-state index is 12.9. The Morgan fingerprint density at radius 1 is 1.03 bits per heavy atom. The number of aromatic hydroxyl groups is 1. The van der Waals surface area contributed by atoms with E-state index >= 15 is 0 Å². The minimum absolute atomic E-state index is 0.0173. The molecule has 2 saturated heterocycles. The van der Waals surface area contributed by atoms with Crippen LogP contribution in [0.25, 0.3) is 0 Å². The van der Waals surface area contributed by atoms with Crippen molar-refractivity contribution in [3.8, 4) is 5.75 Å². The van der Waals surface area contributed by atoms with Crippen LogP contribution in [0, 0.1) is 0 Å². The van der Waals surface area contributed by atoms with E-state index in [9.17, 15) is 14.1 Å². The van der Waals surface area contributed by atoms with Gasteiger partial charge in [-0.1, -0.05) is 0 Å². The largest absolute Gasteiger partial charge is 0.508 e. The minimum Gasteiger partial charge on any atom is -0.508 e. The third kappa shape index (κ3) is 5.39. The van der Waals surface area contributed by atoms with Crippen LogP contribution in [0.15, 0.2) is 35.4 Å². The minimum atomic E-state index is -1.26. The van der Waals surface area contributed by atoms with Crippen LogP contribution in [-0.4, -0.2) is 92.7 Å². The summed E-state index contributed by atoms with van der Waals surface area (Å²) in [5, 5.41) is 9.47. The summed E-state index contributed by atoms with van der Waals surface area (Å²) in [4.78, 5) is 29.1. The van der Waals surface area contributed by atoms with Crippen LogP contribution in [0.2, 0.25) is 0 Å². The highest BCUT2D eigenvalue weighted by molar-refractivity contribution is 7.82. The highest BCUT2D eigenvalue weighted by Crippen LogP contribution is 2.27. The maximum atomic E-state index is 12.9. The number of piperazine rings is 1. The van der Waals surface area contributed by atoms with Crippen molar-refractivity contribution in [2.75, 3.05) is 58.3 Å². The number of phenols is 1. The second kappa shape index (κ2) is 10.8. The van der Waals surface area contributed by atoms with E-state index in [0.717, 1.165) is 44.8 Å². The number of amides is 1. The van der Waals surface area contributed by atoms with E-state index in [0.29, 0.717) is 29.4 Å². The van der Waals surface area contributed by atoms with Crippen LogP contribution < -0.4 is 4.90 Å². The lowest BCUT2D eigenvalue weighted by Gasteiger charge is -2.37. The van der Waals surface area contributed by atoms with Gasteiger partial charge in [0.05, 0.1) is 10.9 Å². The lowest BCUT2D eigenvalue weighted by atomic mass is 10.1. The summed E-state index contributed by atoms with van der Waals surface area (Å²) in [6.45, 7) is 6.70. The van der Waals surface area contributed by atoms with Crippen molar-refractivity contribution >= 4 is 22.7 Å². The van der Waals surface area contributed by atoms with Gasteiger partial charge in [0.1, 0.15) is 33.9 Å². The van der Waals surface area contributed by atoms with Crippen LogP contribution >= 0.6 is 0 Å². The van der Waals surface area contributed by atoms with Gasteiger partial charge >= 0.3 is 0 Å². The molecule has 0 spiro atoms. The number of piperidine rings is 1. The summed E-state index contributed by atoms with van der Waals surface area (Å²) in [6.07, 6.45) is 5.09. The Kier molecular flexibility index (Phi) is 7.80. The summed E-state index contributed by atoms with van der Waals surface area (Å²) in [5.41, 5.74) is 0.553. The second-order valence-corrected chi connectivity index (χ2v) is 10.6. The monoisotopic (exact) mass is 486 g/mol. The van der Waals surface area contributed by atoms with E-state index in [1.54, 1.807) is 49.5 Å². The van der Waals surface area contributed by atoms with Crippen molar-refractivity contribution in [2.24, 2.45) is 0 Å². The van der Waals surface area contributed by atoms with Gasteiger partial charge in [-0.2, -0.15) is 0 Å². The second-order valence-electron chi connectivity index (χ2n) is 9.10. The number of hydrogen-bond acceptors (Lipinski definition) is 7. The zero-order chi connectivity index (χ0) is 24.2. The number of carbonyl (C=O) groups excluding carboxylic acids is 1. The third-order valence-corrected chi connectivity index (χ3v) is 8.06. The number of rotatable bonds is 6. The molecule has 0 saturated carbocycles. The van der Waals surface area contributed by atoms with E-state index < -0.39 is 11.0 Å². The molecule has 2 aromatic rings. The lowest BCUT2D eigenvalue weighted by Crippen LogP contribution is -2.47. The molecule has 0 aliphatic carbocycles. The normalized spacial score (nSPS) is 19.6. The summed E-state index contributed by atoms with van der Waals surface area (Å²) >= 11 is 0. The molecule has 0 radical (unpaired) electrons. The van der Waals surface area contributed by atoms with Crippen molar-refractivity contribution in [3.05, 3.63) is 41.9 Å². The first-order valence-electron chi connectivity index (χ1n) is 11.9. The average molecular weight is 487 g/mol. The van der Waals surface area contributed by atoms with Crippen LogP contribution in [0.3, 0.4) is 0 Å². The zero-order valence-corrected chi connectivity index (χ0v) is 21.0. The Labute approximate surface area is 204 Å². The van der Waals surface area contributed by atoms with Crippen molar-refractivity contribution in [1.29, 1.82) is 0 Å². The summed E-state index contributed by atoms with van der Waals surface area (Å²) in [6, 6.07) is 6.51. The van der Waals surface area contributed by atoms with Crippen LogP contribution in [0.1, 0.15) is 48.4 Å². The van der Waals surface area contributed by atoms with Gasteiger partial charge < -0.3 is 14.9 Å². The number of carbonyl (C=O) groups is 1. The van der Waals surface area contributed by atoms with Crippen LogP contribution in [0.5, 0.6) is 5.75 Å². The molecular formula is C24H34N6O3S. The van der Waals surface area contributed by atoms with E-state index in [1.807, 2.05) is 4.31 Å². The molecule has 2 fully saturated rings. The number of benzene rings is 1. The molecule has 1 aromatic carbocycles. The zero-order valence-electron chi connectivity index (χ0n) is 20.2.